The molecule has 0 spiro atoms. The second-order valence-corrected chi connectivity index (χ2v) is 9.30. The fraction of sp³-hybridized carbons (Fsp3) is 0.407. The van der Waals surface area contributed by atoms with Crippen LogP contribution in [0, 0.1) is 0 Å². The summed E-state index contributed by atoms with van der Waals surface area (Å²) in [4.78, 5) is 50.5. The summed E-state index contributed by atoms with van der Waals surface area (Å²) in [5, 5.41) is 8.11. The highest BCUT2D eigenvalue weighted by Gasteiger charge is 2.29. The highest BCUT2D eigenvalue weighted by Crippen LogP contribution is 2.17. The third kappa shape index (κ3) is 10.6. The molecule has 0 aromatic heterocycles. The summed E-state index contributed by atoms with van der Waals surface area (Å²) < 4.78 is 5.17. The Hall–Kier alpha value is -3.37. The predicted molar refractivity (Wildman–Crippen MR) is 144 cm³/mol. The average Bonchev–Trinajstić information content (AvgIpc) is 2.91. The molecule has 0 bridgehead atoms. The summed E-state index contributed by atoms with van der Waals surface area (Å²) in [7, 11) is 0. The summed E-state index contributed by atoms with van der Waals surface area (Å²) in [6.45, 7) is 4.09. The molecule has 0 unspecified atom stereocenters. The third-order valence-corrected chi connectivity index (χ3v) is 6.47. The number of ether oxygens (including phenoxy) is 1. The number of rotatable bonds is 15. The van der Waals surface area contributed by atoms with E-state index in [1.165, 1.54) is 11.8 Å². The van der Waals surface area contributed by atoms with Crippen LogP contribution in [0.4, 0.5) is 0 Å². The first-order chi connectivity index (χ1) is 17.8. The number of likely N-dealkylation sites (N-methyl/N-ethyl adjacent to an activating group) is 1. The van der Waals surface area contributed by atoms with Gasteiger partial charge in [-0.1, -0.05) is 60.7 Å². The van der Waals surface area contributed by atoms with Crippen molar-refractivity contribution in [3.05, 3.63) is 71.8 Å². The number of carbonyl (C=O) groups excluding carboxylic acids is 4. The van der Waals surface area contributed by atoms with Crippen molar-refractivity contribution in [2.45, 2.75) is 50.6 Å². The van der Waals surface area contributed by atoms with E-state index in [9.17, 15) is 19.2 Å². The maximum Gasteiger partial charge on any atom is 0.333 e. The molecule has 0 aliphatic rings. The Kier molecular flexibility index (Phi) is 13.2. The van der Waals surface area contributed by atoms with E-state index in [4.69, 9.17) is 10.5 Å². The summed E-state index contributed by atoms with van der Waals surface area (Å²) in [6, 6.07) is 15.8. The summed E-state index contributed by atoms with van der Waals surface area (Å²) in [6.07, 6.45) is 0.115. The summed E-state index contributed by atoms with van der Waals surface area (Å²) >= 11 is 1.48. The zero-order valence-electron chi connectivity index (χ0n) is 21.3. The molecular weight excluding hydrogens is 492 g/mol. The molecule has 2 aromatic carbocycles. The molecule has 0 heterocycles. The molecular formula is C27H36N4O5S. The lowest BCUT2D eigenvalue weighted by Gasteiger charge is -2.23. The van der Waals surface area contributed by atoms with Gasteiger partial charge in [-0.2, -0.15) is 11.8 Å². The van der Waals surface area contributed by atoms with Gasteiger partial charge >= 0.3 is 5.97 Å². The van der Waals surface area contributed by atoms with Crippen LogP contribution in [0.15, 0.2) is 60.7 Å². The van der Waals surface area contributed by atoms with Crippen molar-refractivity contribution in [2.24, 2.45) is 5.73 Å². The highest BCUT2D eigenvalue weighted by molar-refractivity contribution is 7.98. The predicted octanol–water partition coefficient (Wildman–Crippen LogP) is 2.07. The number of hydrogen-bond donors (Lipinski definition) is 4. The van der Waals surface area contributed by atoms with Gasteiger partial charge in [0.05, 0.1) is 12.6 Å². The molecule has 3 amide bonds. The van der Waals surface area contributed by atoms with Crippen LogP contribution < -0.4 is 21.7 Å². The molecule has 3 atom stereocenters. The van der Waals surface area contributed by atoms with Crippen LogP contribution in [0.3, 0.4) is 0 Å². The molecule has 0 saturated heterocycles. The molecule has 37 heavy (non-hydrogen) atoms. The minimum Gasteiger partial charge on any atom is -0.464 e. The van der Waals surface area contributed by atoms with Gasteiger partial charge in [0, 0.05) is 24.5 Å². The fourth-order valence-corrected chi connectivity index (χ4v) is 4.45. The Balaban J connectivity index is 2.10. The van der Waals surface area contributed by atoms with E-state index in [-0.39, 0.29) is 31.1 Å². The lowest BCUT2D eigenvalue weighted by atomic mass is 10.1. The quantitative estimate of drug-likeness (QED) is 0.260. The van der Waals surface area contributed by atoms with Crippen LogP contribution in [0.1, 0.15) is 43.9 Å². The molecule has 9 nitrogen and oxygen atoms in total. The number of amides is 3. The van der Waals surface area contributed by atoms with Crippen LogP contribution in [-0.2, 0) is 29.7 Å². The SMILES string of the molecule is CCNC(=O)[C@@H](N)CCC(=O)N[C@H](CSCc1ccccc1)C(=O)N[C@@H](C(=O)OCC)c1ccccc1. The Bertz CT molecular complexity index is 1010. The van der Waals surface area contributed by atoms with Gasteiger partial charge in [0.2, 0.25) is 17.7 Å². The van der Waals surface area contributed by atoms with Crippen molar-refractivity contribution >= 4 is 35.5 Å². The van der Waals surface area contributed by atoms with E-state index >= 15 is 0 Å². The van der Waals surface area contributed by atoms with E-state index in [0.717, 1.165) is 5.56 Å². The van der Waals surface area contributed by atoms with Crippen LogP contribution in [-0.4, -0.2) is 54.7 Å². The summed E-state index contributed by atoms with van der Waals surface area (Å²) in [5.74, 6) is -0.918. The maximum absolute atomic E-state index is 13.3. The zero-order chi connectivity index (χ0) is 27.0. The molecule has 200 valence electrons. The maximum atomic E-state index is 13.3. The zero-order valence-corrected chi connectivity index (χ0v) is 22.1. The molecule has 10 heteroatoms. The minimum atomic E-state index is -1.02. The van der Waals surface area contributed by atoms with Gasteiger partial charge in [0.25, 0.3) is 0 Å². The lowest BCUT2D eigenvalue weighted by Crippen LogP contribution is -2.50. The minimum absolute atomic E-state index is 0.0224. The highest BCUT2D eigenvalue weighted by atomic mass is 32.2. The number of nitrogens with two attached hydrogens (primary N) is 1. The molecule has 2 aromatic rings. The molecule has 0 aliphatic carbocycles. The van der Waals surface area contributed by atoms with Crippen LogP contribution >= 0.6 is 11.8 Å². The Morgan fingerprint density at radius 2 is 1.57 bits per heavy atom. The van der Waals surface area contributed by atoms with Crippen LogP contribution in [0.25, 0.3) is 0 Å². The second-order valence-electron chi connectivity index (χ2n) is 8.26. The van der Waals surface area contributed by atoms with E-state index in [0.29, 0.717) is 17.9 Å². The van der Waals surface area contributed by atoms with E-state index < -0.39 is 35.9 Å². The molecule has 5 N–H and O–H groups in total. The smallest absolute Gasteiger partial charge is 0.333 e. The van der Waals surface area contributed by atoms with Crippen molar-refractivity contribution < 1.29 is 23.9 Å². The van der Waals surface area contributed by atoms with E-state index in [1.54, 1.807) is 38.1 Å². The number of nitrogens with one attached hydrogen (secondary N) is 3. The first kappa shape index (κ1) is 29.9. The van der Waals surface area contributed by atoms with Crippen molar-refractivity contribution in [3.63, 3.8) is 0 Å². The summed E-state index contributed by atoms with van der Waals surface area (Å²) in [5.41, 5.74) is 7.51. The monoisotopic (exact) mass is 528 g/mol. The second kappa shape index (κ2) is 16.4. The molecule has 0 aliphatic heterocycles. The molecule has 0 radical (unpaired) electrons. The molecule has 0 fully saturated rings. The number of carbonyl (C=O) groups is 4. The van der Waals surface area contributed by atoms with Gasteiger partial charge < -0.3 is 26.4 Å². The standard InChI is InChI=1S/C27H36N4O5S/c1-3-29-25(33)21(28)15-16-23(32)30-22(18-37-17-19-11-7-5-8-12-19)26(34)31-24(27(35)36-4-2)20-13-9-6-10-14-20/h5-14,21-22,24H,3-4,15-18,28H2,1-2H3,(H,29,33)(H,30,32)(H,31,34)/t21-,22+,24+/m0/s1. The molecule has 0 saturated carbocycles. The molecule has 2 rings (SSSR count). The Morgan fingerprint density at radius 3 is 2.19 bits per heavy atom. The number of esters is 1. The van der Waals surface area contributed by atoms with Crippen molar-refractivity contribution in [3.8, 4) is 0 Å². The van der Waals surface area contributed by atoms with Crippen molar-refractivity contribution in [2.75, 3.05) is 18.9 Å². The fourth-order valence-electron chi connectivity index (χ4n) is 3.43. The van der Waals surface area contributed by atoms with Gasteiger partial charge in [-0.15, -0.1) is 0 Å². The largest absolute Gasteiger partial charge is 0.464 e. The lowest BCUT2D eigenvalue weighted by molar-refractivity contribution is -0.147. The van der Waals surface area contributed by atoms with Gasteiger partial charge in [0.15, 0.2) is 6.04 Å². The van der Waals surface area contributed by atoms with Gasteiger partial charge in [-0.25, -0.2) is 4.79 Å². The van der Waals surface area contributed by atoms with E-state index in [1.807, 2.05) is 36.4 Å². The Morgan fingerprint density at radius 1 is 0.919 bits per heavy atom. The normalized spacial score (nSPS) is 13.1. The van der Waals surface area contributed by atoms with Crippen molar-refractivity contribution in [1.29, 1.82) is 0 Å². The number of thioether (sulfide) groups is 1. The average molecular weight is 529 g/mol. The first-order valence-electron chi connectivity index (χ1n) is 12.3. The van der Waals surface area contributed by atoms with Gasteiger partial charge in [-0.05, 0) is 31.4 Å². The van der Waals surface area contributed by atoms with Crippen LogP contribution in [0.5, 0.6) is 0 Å². The first-order valence-corrected chi connectivity index (χ1v) is 13.5. The van der Waals surface area contributed by atoms with Crippen molar-refractivity contribution in [1.82, 2.24) is 16.0 Å². The van der Waals surface area contributed by atoms with E-state index in [2.05, 4.69) is 16.0 Å². The van der Waals surface area contributed by atoms with Gasteiger partial charge in [0.1, 0.15) is 6.04 Å². The Labute approximate surface area is 222 Å². The van der Waals surface area contributed by atoms with Crippen LogP contribution in [0.2, 0.25) is 0 Å². The van der Waals surface area contributed by atoms with Gasteiger partial charge in [-0.3, -0.25) is 14.4 Å². The number of benzene rings is 2. The number of hydrogen-bond acceptors (Lipinski definition) is 7. The third-order valence-electron chi connectivity index (χ3n) is 5.36. The topological polar surface area (TPSA) is 140 Å².